The summed E-state index contributed by atoms with van der Waals surface area (Å²) in [6, 6.07) is 7.05. The lowest BCUT2D eigenvalue weighted by Crippen LogP contribution is -2.32. The largest absolute Gasteiger partial charge is 0.351 e. The number of hydrogen-bond donors (Lipinski definition) is 1. The maximum atomic E-state index is 12.1. The van der Waals surface area contributed by atoms with E-state index in [1.807, 2.05) is 6.07 Å². The summed E-state index contributed by atoms with van der Waals surface area (Å²) in [5, 5.41) is 3.12. The zero-order chi connectivity index (χ0) is 13.0. The molecule has 1 amide bonds. The van der Waals surface area contributed by atoms with Crippen LogP contribution in [0.4, 0.5) is 0 Å². The van der Waals surface area contributed by atoms with E-state index in [0.717, 1.165) is 0 Å². The molecule has 0 bridgehead atoms. The summed E-state index contributed by atoms with van der Waals surface area (Å²) in [7, 11) is 0. The van der Waals surface area contributed by atoms with Crippen molar-refractivity contribution in [1.82, 2.24) is 14.9 Å². The second-order valence-corrected chi connectivity index (χ2v) is 3.79. The molecule has 0 atom stereocenters. The maximum Gasteiger partial charge on any atom is 0.261 e. The Morgan fingerprint density at radius 2 is 2.22 bits per heavy atom. The van der Waals surface area contributed by atoms with Gasteiger partial charge in [-0.25, -0.2) is 4.98 Å². The first kappa shape index (κ1) is 12.0. The number of benzene rings is 1. The smallest absolute Gasteiger partial charge is 0.261 e. The van der Waals surface area contributed by atoms with E-state index in [2.05, 4.69) is 16.9 Å². The summed E-state index contributed by atoms with van der Waals surface area (Å²) in [4.78, 5) is 27.7. The third-order valence-electron chi connectivity index (χ3n) is 2.49. The van der Waals surface area contributed by atoms with Crippen LogP contribution in [0.5, 0.6) is 0 Å². The van der Waals surface area contributed by atoms with Gasteiger partial charge in [0.05, 0.1) is 17.2 Å². The van der Waals surface area contributed by atoms with Crippen LogP contribution in [0.2, 0.25) is 0 Å². The van der Waals surface area contributed by atoms with Crippen LogP contribution in [0.25, 0.3) is 10.9 Å². The Hall–Kier alpha value is -2.43. The molecule has 0 radical (unpaired) electrons. The van der Waals surface area contributed by atoms with Crippen LogP contribution in [0, 0.1) is 0 Å². The van der Waals surface area contributed by atoms with Crippen LogP contribution in [0.1, 0.15) is 0 Å². The third-order valence-corrected chi connectivity index (χ3v) is 2.49. The summed E-state index contributed by atoms with van der Waals surface area (Å²) >= 11 is 0. The molecule has 2 aromatic rings. The van der Waals surface area contributed by atoms with Gasteiger partial charge in [0, 0.05) is 6.54 Å². The molecule has 1 aromatic heterocycles. The molecule has 0 fully saturated rings. The summed E-state index contributed by atoms with van der Waals surface area (Å²) in [6.07, 6.45) is 2.97. The molecule has 5 nitrogen and oxygen atoms in total. The van der Waals surface area contributed by atoms with Crippen LogP contribution >= 0.6 is 0 Å². The SMILES string of the molecule is C=CCNC(=O)Cn1cnc2ccccc2c1=O. The van der Waals surface area contributed by atoms with Gasteiger partial charge in [-0.1, -0.05) is 18.2 Å². The highest BCUT2D eigenvalue weighted by molar-refractivity contribution is 5.78. The lowest BCUT2D eigenvalue weighted by Gasteiger charge is -2.06. The number of nitrogens with zero attached hydrogens (tertiary/aromatic N) is 2. The van der Waals surface area contributed by atoms with E-state index in [0.29, 0.717) is 17.4 Å². The first-order valence-corrected chi connectivity index (χ1v) is 5.54. The molecule has 5 heteroatoms. The summed E-state index contributed by atoms with van der Waals surface area (Å²) in [6.45, 7) is 3.85. The van der Waals surface area contributed by atoms with E-state index in [1.54, 1.807) is 24.3 Å². The minimum absolute atomic E-state index is 0.0372. The summed E-state index contributed by atoms with van der Waals surface area (Å²) < 4.78 is 1.29. The van der Waals surface area contributed by atoms with Gasteiger partial charge in [-0.05, 0) is 12.1 Å². The van der Waals surface area contributed by atoms with Gasteiger partial charge in [-0.15, -0.1) is 6.58 Å². The third kappa shape index (κ3) is 2.45. The predicted molar refractivity (Wildman–Crippen MR) is 69.2 cm³/mol. The molecule has 1 N–H and O–H groups in total. The molecule has 0 aliphatic rings. The van der Waals surface area contributed by atoms with Crippen molar-refractivity contribution in [3.8, 4) is 0 Å². The molecule has 0 unspecified atom stereocenters. The van der Waals surface area contributed by atoms with E-state index >= 15 is 0 Å². The van der Waals surface area contributed by atoms with Crippen molar-refractivity contribution in [3.63, 3.8) is 0 Å². The normalized spacial score (nSPS) is 10.2. The van der Waals surface area contributed by atoms with Crippen LogP contribution < -0.4 is 10.9 Å². The predicted octanol–water partition coefficient (Wildman–Crippen LogP) is 0.699. The van der Waals surface area contributed by atoms with Gasteiger partial charge in [0.1, 0.15) is 6.54 Å². The summed E-state index contributed by atoms with van der Waals surface area (Å²) in [5.74, 6) is -0.242. The zero-order valence-corrected chi connectivity index (χ0v) is 9.80. The Kier molecular flexibility index (Phi) is 3.52. The molecule has 1 heterocycles. The molecular weight excluding hydrogens is 230 g/mol. The molecule has 0 saturated carbocycles. The van der Waals surface area contributed by atoms with Crippen molar-refractivity contribution < 1.29 is 4.79 Å². The van der Waals surface area contributed by atoms with E-state index in [4.69, 9.17) is 0 Å². The molecular formula is C13H13N3O2. The Bertz CT molecular complexity index is 646. The highest BCUT2D eigenvalue weighted by Gasteiger charge is 2.06. The Morgan fingerprint density at radius 1 is 1.44 bits per heavy atom. The molecule has 0 aliphatic heterocycles. The molecule has 18 heavy (non-hydrogen) atoms. The highest BCUT2D eigenvalue weighted by Crippen LogP contribution is 2.04. The summed E-state index contributed by atoms with van der Waals surface area (Å²) in [5.41, 5.74) is 0.416. The van der Waals surface area contributed by atoms with Crippen LogP contribution in [-0.2, 0) is 11.3 Å². The minimum atomic E-state index is -0.242. The number of carbonyl (C=O) groups excluding carboxylic acids is 1. The van der Waals surface area contributed by atoms with Crippen molar-refractivity contribution in [2.75, 3.05) is 6.54 Å². The number of amides is 1. The van der Waals surface area contributed by atoms with Gasteiger partial charge in [-0.2, -0.15) is 0 Å². The second kappa shape index (κ2) is 5.27. The number of nitrogens with one attached hydrogen (secondary N) is 1. The van der Waals surface area contributed by atoms with Crippen molar-refractivity contribution >= 4 is 16.8 Å². The first-order valence-electron chi connectivity index (χ1n) is 5.54. The lowest BCUT2D eigenvalue weighted by atomic mass is 10.2. The van der Waals surface area contributed by atoms with Crippen molar-refractivity contribution in [1.29, 1.82) is 0 Å². The van der Waals surface area contributed by atoms with Crippen LogP contribution in [0.15, 0.2) is 48.0 Å². The molecule has 0 saturated heterocycles. The van der Waals surface area contributed by atoms with E-state index < -0.39 is 0 Å². The van der Waals surface area contributed by atoms with E-state index in [9.17, 15) is 9.59 Å². The molecule has 2 rings (SSSR count). The standard InChI is InChI=1S/C13H13N3O2/c1-2-7-14-12(17)8-16-9-15-11-6-4-3-5-10(11)13(16)18/h2-6,9H,1,7-8H2,(H,14,17). The van der Waals surface area contributed by atoms with Crippen LogP contribution in [0.3, 0.4) is 0 Å². The van der Waals surface area contributed by atoms with Crippen molar-refractivity contribution in [2.24, 2.45) is 0 Å². The lowest BCUT2D eigenvalue weighted by molar-refractivity contribution is -0.121. The van der Waals surface area contributed by atoms with Gasteiger partial charge >= 0.3 is 0 Å². The fraction of sp³-hybridized carbons (Fsp3) is 0.154. The number of hydrogen-bond acceptors (Lipinski definition) is 3. The minimum Gasteiger partial charge on any atom is -0.351 e. The van der Waals surface area contributed by atoms with Gasteiger partial charge in [0.25, 0.3) is 5.56 Å². The quantitative estimate of drug-likeness (QED) is 0.804. The number of aromatic nitrogens is 2. The number of carbonyl (C=O) groups is 1. The Labute approximate surface area is 104 Å². The van der Waals surface area contributed by atoms with Gasteiger partial charge in [-0.3, -0.25) is 14.2 Å². The molecule has 1 aromatic carbocycles. The van der Waals surface area contributed by atoms with Crippen molar-refractivity contribution in [3.05, 3.63) is 53.6 Å². The topological polar surface area (TPSA) is 64.0 Å². The molecule has 0 spiro atoms. The number of rotatable bonds is 4. The fourth-order valence-corrected chi connectivity index (χ4v) is 1.62. The second-order valence-electron chi connectivity index (χ2n) is 3.79. The average molecular weight is 243 g/mol. The maximum absolute atomic E-state index is 12.1. The average Bonchev–Trinajstić information content (AvgIpc) is 2.40. The monoisotopic (exact) mass is 243 g/mol. The molecule has 0 aliphatic carbocycles. The van der Waals surface area contributed by atoms with Crippen LogP contribution in [-0.4, -0.2) is 22.0 Å². The number of para-hydroxylation sites is 1. The highest BCUT2D eigenvalue weighted by atomic mass is 16.2. The van der Waals surface area contributed by atoms with Gasteiger partial charge < -0.3 is 5.32 Å². The number of fused-ring (bicyclic) bond motifs is 1. The zero-order valence-electron chi connectivity index (χ0n) is 9.80. The fourth-order valence-electron chi connectivity index (χ4n) is 1.62. The van der Waals surface area contributed by atoms with E-state index in [-0.39, 0.29) is 18.0 Å². The van der Waals surface area contributed by atoms with Crippen molar-refractivity contribution in [2.45, 2.75) is 6.54 Å². The van der Waals surface area contributed by atoms with E-state index in [1.165, 1.54) is 10.9 Å². The Balaban J connectivity index is 2.29. The Morgan fingerprint density at radius 3 is 3.00 bits per heavy atom. The van der Waals surface area contributed by atoms with Gasteiger partial charge in [0.2, 0.25) is 5.91 Å². The molecule has 92 valence electrons. The van der Waals surface area contributed by atoms with Gasteiger partial charge in [0.15, 0.2) is 0 Å². The first-order chi connectivity index (χ1) is 8.72.